The van der Waals surface area contributed by atoms with Crippen molar-refractivity contribution in [1.82, 2.24) is 25.1 Å². The largest absolute Gasteiger partial charge is 0.357 e. The van der Waals surface area contributed by atoms with E-state index >= 15 is 0 Å². The maximum absolute atomic E-state index is 4.72. The predicted octanol–water partition coefficient (Wildman–Crippen LogP) is 2.86. The van der Waals surface area contributed by atoms with Gasteiger partial charge in [0, 0.05) is 44.6 Å². The second-order valence-corrected chi connectivity index (χ2v) is 7.75. The van der Waals surface area contributed by atoms with E-state index in [1.807, 2.05) is 12.4 Å². The molecule has 0 spiro atoms. The first-order valence-electron chi connectivity index (χ1n) is 10.4. The van der Waals surface area contributed by atoms with E-state index in [9.17, 15) is 0 Å². The summed E-state index contributed by atoms with van der Waals surface area (Å²) in [6, 6.07) is 0.741. The van der Waals surface area contributed by atoms with Gasteiger partial charge in [-0.2, -0.15) is 0 Å². The third kappa shape index (κ3) is 6.98. The summed E-state index contributed by atoms with van der Waals surface area (Å²) in [4.78, 5) is 11.8. The Kier molecular flexibility index (Phi) is 8.95. The van der Waals surface area contributed by atoms with Gasteiger partial charge in [0.25, 0.3) is 0 Å². The van der Waals surface area contributed by atoms with E-state index in [0.717, 1.165) is 43.9 Å². The van der Waals surface area contributed by atoms with Crippen molar-refractivity contribution in [2.45, 2.75) is 72.5 Å². The van der Waals surface area contributed by atoms with Crippen molar-refractivity contribution in [3.8, 4) is 0 Å². The molecule has 0 aromatic carbocycles. The van der Waals surface area contributed by atoms with Gasteiger partial charge in [-0.25, -0.2) is 9.98 Å². The van der Waals surface area contributed by atoms with Gasteiger partial charge in [0.15, 0.2) is 5.96 Å². The molecule has 2 rings (SSSR count). The van der Waals surface area contributed by atoms with Gasteiger partial charge in [-0.05, 0) is 45.6 Å². The number of aromatic nitrogens is 2. The molecule has 0 aliphatic carbocycles. The monoisotopic (exact) mass is 362 g/mol. The highest BCUT2D eigenvalue weighted by Gasteiger charge is 2.17. The Hall–Kier alpha value is -1.56. The zero-order valence-corrected chi connectivity index (χ0v) is 17.2. The van der Waals surface area contributed by atoms with E-state index in [1.165, 1.54) is 32.4 Å². The van der Waals surface area contributed by atoms with Gasteiger partial charge in [0.1, 0.15) is 12.4 Å². The third-order valence-electron chi connectivity index (χ3n) is 4.94. The third-order valence-corrected chi connectivity index (χ3v) is 4.94. The zero-order chi connectivity index (χ0) is 18.8. The van der Waals surface area contributed by atoms with Crippen molar-refractivity contribution in [1.29, 1.82) is 0 Å². The van der Waals surface area contributed by atoms with Gasteiger partial charge in [-0.1, -0.05) is 20.3 Å². The lowest BCUT2D eigenvalue weighted by Gasteiger charge is -2.33. The Labute approximate surface area is 159 Å². The van der Waals surface area contributed by atoms with Crippen molar-refractivity contribution in [2.75, 3.05) is 26.2 Å². The maximum Gasteiger partial charge on any atom is 0.191 e. The lowest BCUT2D eigenvalue weighted by molar-refractivity contribution is 0.159. The summed E-state index contributed by atoms with van der Waals surface area (Å²) in [5, 5.41) is 6.81. The Bertz CT molecular complexity index is 536. The molecular formula is C20H38N6. The Balaban J connectivity index is 1.78. The van der Waals surface area contributed by atoms with Gasteiger partial charge in [-0.3, -0.25) is 0 Å². The van der Waals surface area contributed by atoms with Crippen LogP contribution in [0.5, 0.6) is 0 Å². The van der Waals surface area contributed by atoms with Gasteiger partial charge in [-0.15, -0.1) is 0 Å². The number of hydrogen-bond acceptors (Lipinski definition) is 3. The average molecular weight is 363 g/mol. The topological polar surface area (TPSA) is 57.5 Å². The number of likely N-dealkylation sites (tertiary alicyclic amines) is 1. The number of aliphatic imine (C=N–C) groups is 1. The fourth-order valence-corrected chi connectivity index (χ4v) is 3.52. The number of piperidine rings is 1. The van der Waals surface area contributed by atoms with Crippen LogP contribution >= 0.6 is 0 Å². The first kappa shape index (κ1) is 20.7. The molecule has 0 bridgehead atoms. The van der Waals surface area contributed by atoms with Crippen LogP contribution in [0.15, 0.2) is 17.4 Å². The quantitative estimate of drug-likeness (QED) is 0.403. The molecule has 0 saturated carbocycles. The predicted molar refractivity (Wildman–Crippen MR) is 109 cm³/mol. The molecular weight excluding hydrogens is 324 g/mol. The fraction of sp³-hybridized carbons (Fsp3) is 0.800. The smallest absolute Gasteiger partial charge is 0.191 e. The van der Waals surface area contributed by atoms with Crippen LogP contribution in [-0.4, -0.2) is 52.6 Å². The molecule has 6 heteroatoms. The van der Waals surface area contributed by atoms with E-state index in [1.54, 1.807) is 0 Å². The molecule has 1 aliphatic heterocycles. The van der Waals surface area contributed by atoms with E-state index in [0.29, 0.717) is 12.5 Å². The lowest BCUT2D eigenvalue weighted by Crippen LogP contribution is -2.41. The van der Waals surface area contributed by atoms with E-state index in [2.05, 4.69) is 52.8 Å². The molecule has 2 N–H and O–H groups in total. The zero-order valence-electron chi connectivity index (χ0n) is 17.2. The summed E-state index contributed by atoms with van der Waals surface area (Å²) in [6.45, 7) is 14.8. The van der Waals surface area contributed by atoms with Crippen molar-refractivity contribution < 1.29 is 0 Å². The number of nitrogens with one attached hydrogen (secondary N) is 2. The average Bonchev–Trinajstić information content (AvgIpc) is 3.04. The number of guanidine groups is 1. The molecule has 0 amide bonds. The second-order valence-electron chi connectivity index (χ2n) is 7.75. The highest BCUT2D eigenvalue weighted by molar-refractivity contribution is 5.79. The van der Waals surface area contributed by atoms with Crippen molar-refractivity contribution >= 4 is 5.96 Å². The van der Waals surface area contributed by atoms with Crippen molar-refractivity contribution in [3.63, 3.8) is 0 Å². The van der Waals surface area contributed by atoms with E-state index in [-0.39, 0.29) is 0 Å². The Morgan fingerprint density at radius 1 is 1.35 bits per heavy atom. The first-order chi connectivity index (χ1) is 12.6. The molecule has 0 radical (unpaired) electrons. The summed E-state index contributed by atoms with van der Waals surface area (Å²) in [5.41, 5.74) is 0. The van der Waals surface area contributed by atoms with Gasteiger partial charge in [0.2, 0.25) is 0 Å². The molecule has 2 heterocycles. The molecule has 1 fully saturated rings. The summed E-state index contributed by atoms with van der Waals surface area (Å²) >= 11 is 0. The van der Waals surface area contributed by atoms with E-state index in [4.69, 9.17) is 4.99 Å². The molecule has 26 heavy (non-hydrogen) atoms. The van der Waals surface area contributed by atoms with Crippen molar-refractivity contribution in [2.24, 2.45) is 10.9 Å². The minimum atomic E-state index is 0.607. The minimum Gasteiger partial charge on any atom is -0.357 e. The standard InChI is InChI=1S/C20H38N6/c1-5-21-20(23-10-8-13-25-12-7-6-9-18(25)4)24-15-19-22-11-14-26(19)16-17(2)3/h11,14,17-18H,5-10,12-13,15-16H2,1-4H3,(H2,21,23,24). The summed E-state index contributed by atoms with van der Waals surface area (Å²) < 4.78 is 2.20. The molecule has 1 unspecified atom stereocenters. The van der Waals surface area contributed by atoms with E-state index < -0.39 is 0 Å². The molecule has 6 nitrogen and oxygen atoms in total. The normalized spacial score (nSPS) is 19.1. The molecule has 1 saturated heterocycles. The number of rotatable bonds is 9. The molecule has 1 atom stereocenters. The summed E-state index contributed by atoms with van der Waals surface area (Å²) in [7, 11) is 0. The highest BCUT2D eigenvalue weighted by atomic mass is 15.2. The van der Waals surface area contributed by atoms with Crippen molar-refractivity contribution in [3.05, 3.63) is 18.2 Å². The van der Waals surface area contributed by atoms with Crippen LogP contribution in [0.1, 0.15) is 59.2 Å². The van der Waals surface area contributed by atoms with Crippen LogP contribution in [0.4, 0.5) is 0 Å². The second kappa shape index (κ2) is 11.2. The van der Waals surface area contributed by atoms with Crippen LogP contribution in [0.2, 0.25) is 0 Å². The van der Waals surface area contributed by atoms with Crippen LogP contribution in [0, 0.1) is 5.92 Å². The molecule has 1 aromatic heterocycles. The maximum atomic E-state index is 4.72. The minimum absolute atomic E-state index is 0.607. The first-order valence-corrected chi connectivity index (χ1v) is 10.4. The van der Waals surface area contributed by atoms with Crippen LogP contribution in [0.25, 0.3) is 0 Å². The number of hydrogen-bond donors (Lipinski definition) is 2. The SMILES string of the molecule is CCNC(=NCc1nccn1CC(C)C)NCCCN1CCCCC1C. The Morgan fingerprint density at radius 2 is 2.19 bits per heavy atom. The fourth-order valence-electron chi connectivity index (χ4n) is 3.52. The molecule has 148 valence electrons. The lowest BCUT2D eigenvalue weighted by atomic mass is 10.0. The van der Waals surface area contributed by atoms with Crippen LogP contribution in [0.3, 0.4) is 0 Å². The number of nitrogens with zero attached hydrogens (tertiary/aromatic N) is 4. The summed E-state index contributed by atoms with van der Waals surface area (Å²) in [6.07, 6.45) is 9.15. The van der Waals surface area contributed by atoms with Crippen LogP contribution < -0.4 is 10.6 Å². The van der Waals surface area contributed by atoms with Gasteiger partial charge in [0.05, 0.1) is 0 Å². The highest BCUT2D eigenvalue weighted by Crippen LogP contribution is 2.16. The summed E-state index contributed by atoms with van der Waals surface area (Å²) in [5.74, 6) is 2.52. The van der Waals surface area contributed by atoms with Gasteiger partial charge >= 0.3 is 0 Å². The molecule has 1 aromatic rings. The Morgan fingerprint density at radius 3 is 2.92 bits per heavy atom. The molecule has 1 aliphatic rings. The number of imidazole rings is 1. The van der Waals surface area contributed by atoms with Gasteiger partial charge < -0.3 is 20.1 Å². The van der Waals surface area contributed by atoms with Crippen LogP contribution in [-0.2, 0) is 13.1 Å².